The third-order valence-corrected chi connectivity index (χ3v) is 6.47. The van der Waals surface area contributed by atoms with Crippen LogP contribution in [-0.2, 0) is 22.5 Å². The summed E-state index contributed by atoms with van der Waals surface area (Å²) in [5, 5.41) is 13.2. The van der Waals surface area contributed by atoms with E-state index >= 15 is 0 Å². The summed E-state index contributed by atoms with van der Waals surface area (Å²) in [7, 11) is -2.06. The van der Waals surface area contributed by atoms with Crippen molar-refractivity contribution in [3.05, 3.63) is 5.82 Å². The van der Waals surface area contributed by atoms with Gasteiger partial charge in [-0.05, 0) is 56.3 Å². The normalized spacial score (nSPS) is 39.4. The molecule has 4 bridgehead atoms. The minimum absolute atomic E-state index is 0.0411. The average Bonchev–Trinajstić information content (AvgIpc) is 2.69. The van der Waals surface area contributed by atoms with Gasteiger partial charge in [0.15, 0.2) is 0 Å². The molecule has 0 radical (unpaired) electrons. The van der Waals surface area contributed by atoms with Crippen LogP contribution < -0.4 is 5.14 Å². The molecule has 5 rings (SSSR count). The third-order valence-electron chi connectivity index (χ3n) is 5.60. The van der Waals surface area contributed by atoms with Crippen molar-refractivity contribution in [3.63, 3.8) is 0 Å². The summed E-state index contributed by atoms with van der Waals surface area (Å²) >= 11 is 0. The quantitative estimate of drug-likeness (QED) is 0.879. The van der Waals surface area contributed by atoms with Crippen LogP contribution in [-0.4, -0.2) is 23.2 Å². The summed E-state index contributed by atoms with van der Waals surface area (Å²) in [6.45, 7) is 0. The molecule has 0 aliphatic heterocycles. The van der Waals surface area contributed by atoms with Gasteiger partial charge in [-0.25, -0.2) is 13.6 Å². The molecule has 4 aliphatic rings. The Labute approximate surface area is 118 Å². The van der Waals surface area contributed by atoms with Gasteiger partial charge >= 0.3 is 0 Å². The standard InChI is InChI=1S/C13H20N4O2S/c1-17-11(15-16-12(17)20(14,18)19)13-5-8-2-9(6-13)4-10(3-8)7-13/h8-10H,2-7H2,1H3,(H2,14,18,19). The van der Waals surface area contributed by atoms with Crippen LogP contribution in [0.4, 0.5) is 0 Å². The molecular weight excluding hydrogens is 276 g/mol. The second-order valence-electron chi connectivity index (χ2n) is 7.11. The largest absolute Gasteiger partial charge is 0.303 e. The Bertz CT molecular complexity index is 629. The number of primary sulfonamides is 1. The molecule has 7 heteroatoms. The third kappa shape index (κ3) is 1.69. The smallest absolute Gasteiger partial charge is 0.273 e. The van der Waals surface area contributed by atoms with E-state index in [1.807, 2.05) is 0 Å². The van der Waals surface area contributed by atoms with Crippen LogP contribution in [0.2, 0.25) is 0 Å². The minimum atomic E-state index is -3.79. The highest BCUT2D eigenvalue weighted by Crippen LogP contribution is 2.60. The molecular formula is C13H20N4O2S. The molecule has 4 aliphatic carbocycles. The Balaban J connectivity index is 1.80. The minimum Gasteiger partial charge on any atom is -0.303 e. The second kappa shape index (κ2) is 3.82. The number of nitrogens with two attached hydrogens (primary N) is 1. The maximum Gasteiger partial charge on any atom is 0.273 e. The highest BCUT2D eigenvalue weighted by molar-refractivity contribution is 7.89. The summed E-state index contributed by atoms with van der Waals surface area (Å²) in [4.78, 5) is 0. The van der Waals surface area contributed by atoms with Crippen LogP contribution >= 0.6 is 0 Å². The van der Waals surface area contributed by atoms with Crippen LogP contribution in [0.15, 0.2) is 5.16 Å². The van der Waals surface area contributed by atoms with Gasteiger partial charge in [0.2, 0.25) is 0 Å². The van der Waals surface area contributed by atoms with E-state index in [1.54, 1.807) is 11.6 Å². The second-order valence-corrected chi connectivity index (χ2v) is 8.56. The highest BCUT2D eigenvalue weighted by Gasteiger charge is 2.54. The van der Waals surface area contributed by atoms with Gasteiger partial charge in [0.1, 0.15) is 5.82 Å². The maximum absolute atomic E-state index is 11.5. The molecule has 0 amide bonds. The summed E-state index contributed by atoms with van der Waals surface area (Å²) in [6.07, 6.45) is 7.44. The zero-order chi connectivity index (χ0) is 14.1. The van der Waals surface area contributed by atoms with Crippen molar-refractivity contribution in [2.24, 2.45) is 29.9 Å². The fourth-order valence-corrected chi connectivity index (χ4v) is 6.03. The van der Waals surface area contributed by atoms with Gasteiger partial charge in [-0.15, -0.1) is 10.2 Å². The predicted molar refractivity (Wildman–Crippen MR) is 72.2 cm³/mol. The van der Waals surface area contributed by atoms with E-state index in [9.17, 15) is 8.42 Å². The van der Waals surface area contributed by atoms with Crippen molar-refractivity contribution in [1.29, 1.82) is 0 Å². The number of rotatable bonds is 2. The molecule has 0 aromatic carbocycles. The number of nitrogens with zero attached hydrogens (tertiary/aromatic N) is 3. The van der Waals surface area contributed by atoms with Gasteiger partial charge in [0.25, 0.3) is 15.2 Å². The van der Waals surface area contributed by atoms with Gasteiger partial charge < -0.3 is 4.57 Å². The lowest BCUT2D eigenvalue weighted by atomic mass is 9.49. The van der Waals surface area contributed by atoms with E-state index in [4.69, 9.17) is 5.14 Å². The molecule has 0 atom stereocenters. The van der Waals surface area contributed by atoms with Crippen LogP contribution in [0, 0.1) is 17.8 Å². The summed E-state index contributed by atoms with van der Waals surface area (Å²) in [5.41, 5.74) is 0.0411. The number of hydrogen-bond acceptors (Lipinski definition) is 4. The molecule has 1 heterocycles. The van der Waals surface area contributed by atoms with Crippen LogP contribution in [0.25, 0.3) is 0 Å². The Morgan fingerprint density at radius 2 is 1.60 bits per heavy atom. The lowest BCUT2D eigenvalue weighted by Crippen LogP contribution is -2.49. The summed E-state index contributed by atoms with van der Waals surface area (Å²) in [6, 6.07) is 0. The van der Waals surface area contributed by atoms with Crippen molar-refractivity contribution in [2.75, 3.05) is 0 Å². The molecule has 1 aromatic heterocycles. The molecule has 4 saturated carbocycles. The van der Waals surface area contributed by atoms with Gasteiger partial charge in [0, 0.05) is 12.5 Å². The molecule has 110 valence electrons. The molecule has 0 unspecified atom stereocenters. The van der Waals surface area contributed by atoms with Crippen molar-refractivity contribution < 1.29 is 8.42 Å². The van der Waals surface area contributed by atoms with Crippen LogP contribution in [0.5, 0.6) is 0 Å². The molecule has 1 aromatic rings. The van der Waals surface area contributed by atoms with Crippen LogP contribution in [0.3, 0.4) is 0 Å². The highest BCUT2D eigenvalue weighted by atomic mass is 32.2. The molecule has 20 heavy (non-hydrogen) atoms. The van der Waals surface area contributed by atoms with Crippen molar-refractivity contribution in [1.82, 2.24) is 14.8 Å². The van der Waals surface area contributed by atoms with Gasteiger partial charge in [-0.2, -0.15) is 0 Å². The lowest BCUT2D eigenvalue weighted by molar-refractivity contribution is -0.0109. The zero-order valence-corrected chi connectivity index (χ0v) is 12.4. The first kappa shape index (κ1) is 12.8. The van der Waals surface area contributed by atoms with E-state index in [0.717, 1.165) is 42.8 Å². The Morgan fingerprint density at radius 3 is 2.00 bits per heavy atom. The van der Waals surface area contributed by atoms with Gasteiger partial charge in [0.05, 0.1) is 0 Å². The summed E-state index contributed by atoms with van der Waals surface area (Å²) in [5.74, 6) is 3.20. The average molecular weight is 296 g/mol. The predicted octanol–water partition coefficient (Wildman–Crippen LogP) is 0.930. The zero-order valence-electron chi connectivity index (χ0n) is 11.6. The first-order chi connectivity index (χ1) is 9.37. The van der Waals surface area contributed by atoms with E-state index in [1.165, 1.54) is 19.3 Å². The SMILES string of the molecule is Cn1c(C23CC4CC(CC(C4)C2)C3)nnc1S(N)(=O)=O. The maximum atomic E-state index is 11.5. The van der Waals surface area contributed by atoms with Gasteiger partial charge in [-0.3, -0.25) is 0 Å². The molecule has 6 nitrogen and oxygen atoms in total. The van der Waals surface area contributed by atoms with E-state index < -0.39 is 10.0 Å². The first-order valence-corrected chi connectivity index (χ1v) is 8.85. The topological polar surface area (TPSA) is 90.9 Å². The van der Waals surface area contributed by atoms with E-state index in [-0.39, 0.29) is 10.6 Å². The van der Waals surface area contributed by atoms with Crippen molar-refractivity contribution in [2.45, 2.75) is 49.1 Å². The lowest BCUT2D eigenvalue weighted by Gasteiger charge is -2.56. The number of aromatic nitrogens is 3. The van der Waals surface area contributed by atoms with Crippen molar-refractivity contribution in [3.8, 4) is 0 Å². The Hall–Kier alpha value is -0.950. The van der Waals surface area contributed by atoms with Crippen LogP contribution in [0.1, 0.15) is 44.3 Å². The van der Waals surface area contributed by atoms with Gasteiger partial charge in [-0.1, -0.05) is 0 Å². The molecule has 0 spiro atoms. The fraction of sp³-hybridized carbons (Fsp3) is 0.846. The Morgan fingerprint density at radius 1 is 1.10 bits per heavy atom. The molecule has 2 N–H and O–H groups in total. The monoisotopic (exact) mass is 296 g/mol. The van der Waals surface area contributed by atoms with E-state index in [2.05, 4.69) is 10.2 Å². The Kier molecular flexibility index (Phi) is 2.44. The van der Waals surface area contributed by atoms with Crippen molar-refractivity contribution >= 4 is 10.0 Å². The molecule has 0 saturated heterocycles. The number of sulfonamides is 1. The van der Waals surface area contributed by atoms with E-state index in [0.29, 0.717) is 0 Å². The number of hydrogen-bond donors (Lipinski definition) is 1. The first-order valence-electron chi connectivity index (χ1n) is 7.30. The summed E-state index contributed by atoms with van der Waals surface area (Å²) < 4.78 is 24.7. The molecule has 4 fully saturated rings. The fourth-order valence-electron chi connectivity index (χ4n) is 5.41.